The van der Waals surface area contributed by atoms with Gasteiger partial charge < -0.3 is 4.74 Å². The van der Waals surface area contributed by atoms with Gasteiger partial charge in [-0.2, -0.15) is 0 Å². The van der Waals surface area contributed by atoms with Crippen LogP contribution in [0.1, 0.15) is 47.6 Å². The predicted octanol–water partition coefficient (Wildman–Crippen LogP) is 3.23. The molecule has 0 saturated heterocycles. The highest BCUT2D eigenvalue weighted by Crippen LogP contribution is 2.76. The van der Waals surface area contributed by atoms with Gasteiger partial charge in [-0.05, 0) is 53.3 Å². The summed E-state index contributed by atoms with van der Waals surface area (Å²) in [6.45, 7) is 2.12. The standard InChI is InChI=1S/C25H20O4/c1-2-29-20(28)12-13-24-14-6-3-4-7-15(14)25(17-9-5-8-16(24)21(17)25)23-19(27)11-10-18(26)22(23)24/h3-11,22-23H,2,12-13H2,1H3/t22?,23-,24?,25?/m0/s1. The van der Waals surface area contributed by atoms with Gasteiger partial charge in [0.25, 0.3) is 0 Å². The normalized spacial score (nSPS) is 31.8. The van der Waals surface area contributed by atoms with E-state index in [1.54, 1.807) is 6.92 Å². The van der Waals surface area contributed by atoms with Crippen LogP contribution in [0.15, 0.2) is 54.6 Å². The number of hydrogen-bond acceptors (Lipinski definition) is 4. The van der Waals surface area contributed by atoms with Gasteiger partial charge in [-0.3, -0.25) is 14.4 Å². The Morgan fingerprint density at radius 2 is 1.55 bits per heavy atom. The fourth-order valence-corrected chi connectivity index (χ4v) is 6.70. The van der Waals surface area contributed by atoms with Gasteiger partial charge in [0, 0.05) is 17.8 Å². The smallest absolute Gasteiger partial charge is 0.305 e. The summed E-state index contributed by atoms with van der Waals surface area (Å²) in [6.07, 6.45) is 3.58. The highest BCUT2D eigenvalue weighted by molar-refractivity contribution is 6.12. The van der Waals surface area contributed by atoms with E-state index in [1.807, 2.05) is 18.2 Å². The third-order valence-electron chi connectivity index (χ3n) is 7.52. The molecule has 7 rings (SSSR count). The van der Waals surface area contributed by atoms with E-state index in [9.17, 15) is 14.4 Å². The summed E-state index contributed by atoms with van der Waals surface area (Å²) in [4.78, 5) is 38.8. The van der Waals surface area contributed by atoms with Crippen LogP contribution in [0.4, 0.5) is 0 Å². The zero-order valence-corrected chi connectivity index (χ0v) is 16.1. The van der Waals surface area contributed by atoms with Crippen molar-refractivity contribution in [1.29, 1.82) is 0 Å². The zero-order chi connectivity index (χ0) is 20.0. The molecule has 0 radical (unpaired) electrons. The topological polar surface area (TPSA) is 60.4 Å². The maximum absolute atomic E-state index is 13.3. The van der Waals surface area contributed by atoms with Crippen molar-refractivity contribution in [3.05, 3.63) is 82.4 Å². The monoisotopic (exact) mass is 384 g/mol. The van der Waals surface area contributed by atoms with Crippen molar-refractivity contribution < 1.29 is 19.1 Å². The Hall–Kier alpha value is -3.01. The average Bonchev–Trinajstić information content (AvgIpc) is 3.41. The lowest BCUT2D eigenvalue weighted by atomic mass is 9.44. The predicted molar refractivity (Wildman–Crippen MR) is 106 cm³/mol. The van der Waals surface area contributed by atoms with Gasteiger partial charge in [-0.1, -0.05) is 42.5 Å². The molecule has 4 heteroatoms. The Morgan fingerprint density at radius 1 is 0.897 bits per heavy atom. The molecule has 0 fully saturated rings. The van der Waals surface area contributed by atoms with Crippen LogP contribution in [-0.2, 0) is 30.0 Å². The first-order valence-electron chi connectivity index (χ1n) is 10.2. The van der Waals surface area contributed by atoms with E-state index in [0.29, 0.717) is 13.0 Å². The molecule has 0 saturated carbocycles. The molecule has 5 aliphatic rings. The second-order valence-corrected chi connectivity index (χ2v) is 8.45. The molecule has 0 heterocycles. The maximum Gasteiger partial charge on any atom is 0.305 e. The Balaban J connectivity index is 1.65. The Bertz CT molecular complexity index is 1160. The molecule has 1 spiro atoms. The highest BCUT2D eigenvalue weighted by atomic mass is 16.5. The van der Waals surface area contributed by atoms with E-state index in [1.165, 1.54) is 23.3 Å². The molecule has 3 unspecified atom stereocenters. The summed E-state index contributed by atoms with van der Waals surface area (Å²) < 4.78 is 5.20. The van der Waals surface area contributed by atoms with Crippen LogP contribution < -0.4 is 0 Å². The number of carbonyl (C=O) groups excluding carboxylic acids is 3. The van der Waals surface area contributed by atoms with Crippen LogP contribution in [0.3, 0.4) is 0 Å². The van der Waals surface area contributed by atoms with Crippen LogP contribution in [0.2, 0.25) is 0 Å². The highest BCUT2D eigenvalue weighted by Gasteiger charge is 2.76. The van der Waals surface area contributed by atoms with Crippen LogP contribution in [-0.4, -0.2) is 24.1 Å². The lowest BCUT2D eigenvalue weighted by molar-refractivity contribution is -0.144. The molecule has 0 aliphatic heterocycles. The van der Waals surface area contributed by atoms with E-state index in [4.69, 9.17) is 4.74 Å². The molecule has 4 nitrogen and oxygen atoms in total. The average molecular weight is 384 g/mol. The molecule has 0 aromatic heterocycles. The Morgan fingerprint density at radius 3 is 2.31 bits per heavy atom. The summed E-state index contributed by atoms with van der Waals surface area (Å²) in [5.74, 6) is -1.14. The summed E-state index contributed by atoms with van der Waals surface area (Å²) >= 11 is 0. The molecule has 2 bridgehead atoms. The van der Waals surface area contributed by atoms with Crippen LogP contribution in [0, 0.1) is 11.8 Å². The van der Waals surface area contributed by atoms with Crippen molar-refractivity contribution in [3.8, 4) is 0 Å². The van der Waals surface area contributed by atoms with E-state index in [-0.39, 0.29) is 24.0 Å². The maximum atomic E-state index is 13.3. The molecular formula is C25H20O4. The second kappa shape index (κ2) is 5.32. The lowest BCUT2D eigenvalue weighted by Gasteiger charge is -2.56. The molecule has 4 atom stereocenters. The first kappa shape index (κ1) is 16.9. The van der Waals surface area contributed by atoms with Crippen molar-refractivity contribution in [1.82, 2.24) is 0 Å². The molecule has 0 amide bonds. The molecule has 2 aromatic rings. The fourth-order valence-electron chi connectivity index (χ4n) is 6.70. The van der Waals surface area contributed by atoms with Gasteiger partial charge >= 0.3 is 5.97 Å². The largest absolute Gasteiger partial charge is 0.466 e. The van der Waals surface area contributed by atoms with E-state index in [0.717, 1.165) is 16.7 Å². The van der Waals surface area contributed by atoms with E-state index in [2.05, 4.69) is 24.3 Å². The third kappa shape index (κ3) is 1.71. The quantitative estimate of drug-likeness (QED) is 0.760. The minimum atomic E-state index is -0.672. The number of ether oxygens (including phenoxy) is 1. The zero-order valence-electron chi connectivity index (χ0n) is 16.1. The number of benzene rings is 2. The molecule has 29 heavy (non-hydrogen) atoms. The van der Waals surface area contributed by atoms with Crippen molar-refractivity contribution in [2.45, 2.75) is 30.6 Å². The number of rotatable bonds is 4. The SMILES string of the molecule is CCOC(=O)CCC12c3ccccc3C3(c4cccc1c43)[C@H]1C(=O)C=CC(=O)C12. The van der Waals surface area contributed by atoms with Gasteiger partial charge in [-0.25, -0.2) is 0 Å². The third-order valence-corrected chi connectivity index (χ3v) is 7.52. The van der Waals surface area contributed by atoms with Gasteiger partial charge in [0.05, 0.1) is 17.9 Å². The second-order valence-electron chi connectivity index (χ2n) is 8.45. The first-order valence-corrected chi connectivity index (χ1v) is 10.2. The fraction of sp³-hybridized carbons (Fsp3) is 0.320. The van der Waals surface area contributed by atoms with Crippen LogP contribution in [0.25, 0.3) is 0 Å². The molecule has 2 aromatic carbocycles. The van der Waals surface area contributed by atoms with Gasteiger partial charge in [0.15, 0.2) is 11.6 Å². The van der Waals surface area contributed by atoms with Crippen molar-refractivity contribution in [3.63, 3.8) is 0 Å². The van der Waals surface area contributed by atoms with Crippen molar-refractivity contribution in [2.75, 3.05) is 6.61 Å². The minimum Gasteiger partial charge on any atom is -0.466 e. The number of ketones is 2. The van der Waals surface area contributed by atoms with Gasteiger partial charge in [0.2, 0.25) is 0 Å². The van der Waals surface area contributed by atoms with Crippen LogP contribution >= 0.6 is 0 Å². The van der Waals surface area contributed by atoms with Gasteiger partial charge in [-0.15, -0.1) is 0 Å². The van der Waals surface area contributed by atoms with Gasteiger partial charge in [0.1, 0.15) is 0 Å². The number of hydrogen-bond donors (Lipinski definition) is 0. The minimum absolute atomic E-state index is 0.00885. The molecular weight excluding hydrogens is 364 g/mol. The van der Waals surface area contributed by atoms with E-state index >= 15 is 0 Å². The van der Waals surface area contributed by atoms with E-state index < -0.39 is 22.7 Å². The van der Waals surface area contributed by atoms with Crippen molar-refractivity contribution in [2.24, 2.45) is 11.8 Å². The summed E-state index contributed by atoms with van der Waals surface area (Å²) in [5, 5.41) is 0. The Labute approximate surface area is 168 Å². The number of carbonyl (C=O) groups is 3. The summed E-state index contributed by atoms with van der Waals surface area (Å²) in [7, 11) is 0. The summed E-state index contributed by atoms with van der Waals surface area (Å²) in [6, 6.07) is 14.4. The first-order chi connectivity index (χ1) is 14.1. The Kier molecular flexibility index (Phi) is 3.10. The number of esters is 1. The number of allylic oxidation sites excluding steroid dienone is 2. The molecule has 144 valence electrons. The molecule has 0 N–H and O–H groups in total. The molecule has 5 aliphatic carbocycles. The van der Waals surface area contributed by atoms with Crippen molar-refractivity contribution >= 4 is 17.5 Å². The van der Waals surface area contributed by atoms with Crippen LogP contribution in [0.5, 0.6) is 0 Å². The lowest BCUT2D eigenvalue weighted by Crippen LogP contribution is -2.59. The summed E-state index contributed by atoms with van der Waals surface area (Å²) in [5.41, 5.74) is 4.59.